The van der Waals surface area contributed by atoms with E-state index in [1.54, 1.807) is 26.8 Å². The van der Waals surface area contributed by atoms with Crippen molar-refractivity contribution >= 4 is 21.7 Å². The molecule has 0 saturated carbocycles. The second kappa shape index (κ2) is 3.85. The molecule has 17 heavy (non-hydrogen) atoms. The van der Waals surface area contributed by atoms with Crippen LogP contribution in [0.3, 0.4) is 0 Å². The van der Waals surface area contributed by atoms with Crippen molar-refractivity contribution in [3.8, 4) is 0 Å². The number of rotatable bonds is 2. The third kappa shape index (κ3) is 1.35. The lowest BCUT2D eigenvalue weighted by Gasteiger charge is -2.33. The van der Waals surface area contributed by atoms with Gasteiger partial charge in [0.2, 0.25) is 5.12 Å². The van der Waals surface area contributed by atoms with Crippen molar-refractivity contribution in [1.82, 2.24) is 0 Å². The fourth-order valence-electron chi connectivity index (χ4n) is 2.81. The minimum Gasteiger partial charge on any atom is -0.391 e. The van der Waals surface area contributed by atoms with Crippen LogP contribution in [-0.4, -0.2) is 31.1 Å². The van der Waals surface area contributed by atoms with E-state index in [0.29, 0.717) is 0 Å². The lowest BCUT2D eigenvalue weighted by atomic mass is 9.78. The molecule has 5 atom stereocenters. The third-order valence-corrected chi connectivity index (χ3v) is 5.87. The molecule has 0 bridgehead atoms. The molecule has 0 amide bonds. The zero-order chi connectivity index (χ0) is 13.0. The van der Waals surface area contributed by atoms with Crippen molar-refractivity contribution in [2.45, 2.75) is 31.6 Å². The van der Waals surface area contributed by atoms with E-state index in [1.807, 2.05) is 0 Å². The Morgan fingerprint density at radius 2 is 2.00 bits per heavy atom. The molecule has 1 N–H and O–H groups in total. The summed E-state index contributed by atoms with van der Waals surface area (Å²) in [6.45, 7) is 5.18. The number of hydrogen-bond acceptors (Lipinski definition) is 4. The number of hydrogen-bond donors (Lipinski definition) is 1. The molecule has 1 fully saturated rings. The molecule has 2 unspecified atom stereocenters. The molecule has 0 aromatic rings. The molecule has 0 aromatic carbocycles. The van der Waals surface area contributed by atoms with Crippen LogP contribution < -0.4 is 0 Å². The molecule has 0 spiro atoms. The van der Waals surface area contributed by atoms with E-state index in [4.69, 9.17) is 0 Å². The highest BCUT2D eigenvalue weighted by atomic mass is 32.2. The van der Waals surface area contributed by atoms with Gasteiger partial charge < -0.3 is 5.11 Å². The summed E-state index contributed by atoms with van der Waals surface area (Å²) in [6.07, 6.45) is 1.93. The van der Waals surface area contributed by atoms with E-state index < -0.39 is 38.6 Å². The predicted octanol–water partition coefficient (Wildman–Crippen LogP) is 0.422. The number of aliphatic hydroxyl groups is 1. The summed E-state index contributed by atoms with van der Waals surface area (Å²) in [5, 5.41) is 9.83. The molecular weight excluding hydrogens is 240 g/mol. The topological polar surface area (TPSA) is 71.4 Å². The van der Waals surface area contributed by atoms with Crippen molar-refractivity contribution in [2.24, 2.45) is 17.8 Å². The molecule has 1 heterocycles. The first kappa shape index (κ1) is 12.6. The molecule has 4 nitrogen and oxygen atoms in total. The zero-order valence-corrected chi connectivity index (χ0v) is 10.9. The Hall–Kier alpha value is -0.810. The van der Waals surface area contributed by atoms with E-state index in [2.05, 4.69) is 0 Å². The van der Waals surface area contributed by atoms with Gasteiger partial charge in [0, 0.05) is 11.8 Å². The van der Waals surface area contributed by atoms with Gasteiger partial charge in [0.15, 0.2) is 5.78 Å². The summed E-state index contributed by atoms with van der Waals surface area (Å²) in [5.74, 6) is -1.49. The van der Waals surface area contributed by atoms with Crippen molar-refractivity contribution in [3.05, 3.63) is 12.2 Å². The number of ketones is 1. The molecule has 0 radical (unpaired) electrons. The third-order valence-electron chi connectivity index (χ3n) is 3.81. The van der Waals surface area contributed by atoms with Crippen LogP contribution in [0.25, 0.3) is 0 Å². The average molecular weight is 256 g/mol. The molecule has 1 aliphatic heterocycles. The van der Waals surface area contributed by atoms with Gasteiger partial charge in [-0.25, -0.2) is 0 Å². The molecular formula is C12H16O4S. The molecule has 2 aliphatic rings. The van der Waals surface area contributed by atoms with Crippen LogP contribution in [0.15, 0.2) is 12.2 Å². The fraction of sp³-hybridized carbons (Fsp3) is 0.667. The maximum absolute atomic E-state index is 12.2. The number of aliphatic hydroxyl groups excluding tert-OH is 1. The standard InChI is InChI=1S/C12H16O4S/c1-6(2)10(14)12-8(4-5-9(12)13)7(3)11(15)17(12)16/h4-8,10,14H,1-3H3/t7?,8-,10-,12+,17?/m0/s1. The predicted molar refractivity (Wildman–Crippen MR) is 63.5 cm³/mol. The van der Waals surface area contributed by atoms with E-state index in [1.165, 1.54) is 6.08 Å². The highest BCUT2D eigenvalue weighted by Crippen LogP contribution is 2.48. The first-order valence-corrected chi connectivity index (χ1v) is 6.86. The van der Waals surface area contributed by atoms with E-state index in [9.17, 15) is 18.9 Å². The monoisotopic (exact) mass is 256 g/mol. The van der Waals surface area contributed by atoms with E-state index >= 15 is 0 Å². The lowest BCUT2D eigenvalue weighted by molar-refractivity contribution is -0.121. The highest BCUT2D eigenvalue weighted by molar-refractivity contribution is 8.02. The van der Waals surface area contributed by atoms with Crippen molar-refractivity contribution in [2.75, 3.05) is 0 Å². The quantitative estimate of drug-likeness (QED) is 0.777. The lowest BCUT2D eigenvalue weighted by Crippen LogP contribution is -2.54. The first-order chi connectivity index (χ1) is 7.85. The Morgan fingerprint density at radius 1 is 1.41 bits per heavy atom. The van der Waals surface area contributed by atoms with Gasteiger partial charge in [-0.05, 0) is 12.0 Å². The molecule has 1 saturated heterocycles. The smallest absolute Gasteiger partial charge is 0.223 e. The Balaban J connectivity index is 2.58. The molecule has 0 aromatic heterocycles. The molecule has 5 heteroatoms. The first-order valence-electron chi connectivity index (χ1n) is 5.71. The Bertz CT molecular complexity index is 440. The molecule has 94 valence electrons. The van der Waals surface area contributed by atoms with Crippen LogP contribution in [0.5, 0.6) is 0 Å². The SMILES string of the molecule is CC(C)[C@H](O)[C@]12C(=O)C=C[C@H]1C(C)C(=O)S2=O. The van der Waals surface area contributed by atoms with Crippen LogP contribution in [0, 0.1) is 17.8 Å². The largest absolute Gasteiger partial charge is 0.391 e. The van der Waals surface area contributed by atoms with E-state index in [-0.39, 0.29) is 11.7 Å². The number of allylic oxidation sites excluding steroid dienone is 2. The highest BCUT2D eigenvalue weighted by Gasteiger charge is 2.66. The van der Waals surface area contributed by atoms with Crippen LogP contribution in [0.1, 0.15) is 20.8 Å². The number of carbonyl (C=O) groups excluding carboxylic acids is 2. The second-order valence-electron chi connectivity index (χ2n) is 5.11. The second-order valence-corrected chi connectivity index (χ2v) is 6.72. The molecule has 1 aliphatic carbocycles. The van der Waals surface area contributed by atoms with Gasteiger partial charge >= 0.3 is 0 Å². The summed E-state index contributed by atoms with van der Waals surface area (Å²) in [4.78, 5) is 23.8. The van der Waals surface area contributed by atoms with Crippen molar-refractivity contribution < 1.29 is 18.9 Å². The molecule has 2 rings (SSSR count). The van der Waals surface area contributed by atoms with E-state index in [0.717, 1.165) is 0 Å². The fourth-order valence-corrected chi connectivity index (χ4v) is 4.90. The van der Waals surface area contributed by atoms with Crippen molar-refractivity contribution in [1.29, 1.82) is 0 Å². The van der Waals surface area contributed by atoms with Crippen molar-refractivity contribution in [3.63, 3.8) is 0 Å². The Morgan fingerprint density at radius 3 is 2.53 bits per heavy atom. The summed E-state index contributed by atoms with van der Waals surface area (Å²) in [6, 6.07) is 0. The summed E-state index contributed by atoms with van der Waals surface area (Å²) in [7, 11) is -1.94. The maximum Gasteiger partial charge on any atom is 0.223 e. The average Bonchev–Trinajstić information content (AvgIpc) is 2.71. The Labute approximate surface area is 103 Å². The van der Waals surface area contributed by atoms with Gasteiger partial charge in [-0.3, -0.25) is 13.8 Å². The number of carbonyl (C=O) groups is 2. The van der Waals surface area contributed by atoms with Crippen LogP contribution in [0.4, 0.5) is 0 Å². The van der Waals surface area contributed by atoms with Gasteiger partial charge in [-0.1, -0.05) is 26.8 Å². The summed E-state index contributed by atoms with van der Waals surface area (Å²) < 4.78 is 10.8. The summed E-state index contributed by atoms with van der Waals surface area (Å²) in [5.41, 5.74) is 0. The minimum absolute atomic E-state index is 0.219. The maximum atomic E-state index is 12.2. The Kier molecular flexibility index (Phi) is 2.86. The minimum atomic E-state index is -1.94. The van der Waals surface area contributed by atoms with Gasteiger partial charge in [0.05, 0.1) is 6.10 Å². The van der Waals surface area contributed by atoms with Crippen LogP contribution in [0.2, 0.25) is 0 Å². The summed E-state index contributed by atoms with van der Waals surface area (Å²) >= 11 is 0. The van der Waals surface area contributed by atoms with Gasteiger partial charge in [0.25, 0.3) is 0 Å². The van der Waals surface area contributed by atoms with Gasteiger partial charge in [0.1, 0.15) is 15.5 Å². The number of fused-ring (bicyclic) bond motifs is 1. The van der Waals surface area contributed by atoms with Crippen LogP contribution in [-0.2, 0) is 20.4 Å². The van der Waals surface area contributed by atoms with Gasteiger partial charge in [-0.15, -0.1) is 0 Å². The van der Waals surface area contributed by atoms with Gasteiger partial charge in [-0.2, -0.15) is 0 Å². The van der Waals surface area contributed by atoms with Crippen LogP contribution >= 0.6 is 0 Å². The zero-order valence-electron chi connectivity index (χ0n) is 10.0. The normalized spacial score (nSPS) is 42.3.